The predicted octanol–water partition coefficient (Wildman–Crippen LogP) is 2.15. The number of carbonyl (C=O) groups is 2. The number of methoxy groups -OCH3 is 1. The highest BCUT2D eigenvalue weighted by atomic mass is 16.5. The van der Waals surface area contributed by atoms with Crippen molar-refractivity contribution in [3.05, 3.63) is 57.5 Å². The Morgan fingerprint density at radius 2 is 1.86 bits per heavy atom. The minimum absolute atomic E-state index is 0.123. The molecule has 0 fully saturated rings. The van der Waals surface area contributed by atoms with E-state index in [1.807, 2.05) is 0 Å². The second kappa shape index (κ2) is 6.26. The van der Waals surface area contributed by atoms with Gasteiger partial charge in [-0.3, -0.25) is 14.4 Å². The summed E-state index contributed by atoms with van der Waals surface area (Å²) >= 11 is 0. The lowest BCUT2D eigenvalue weighted by Crippen LogP contribution is -2.25. The van der Waals surface area contributed by atoms with Crippen molar-refractivity contribution in [3.8, 4) is 5.75 Å². The average Bonchev–Trinajstić information content (AvgIpc) is 2.47. The first kappa shape index (κ1) is 15.5. The number of para-hydroxylation sites is 2. The molecule has 1 aromatic heterocycles. The second-order valence-electron chi connectivity index (χ2n) is 4.76. The zero-order valence-corrected chi connectivity index (χ0v) is 12.5. The molecule has 2 N–H and O–H groups in total. The van der Waals surface area contributed by atoms with Gasteiger partial charge in [-0.2, -0.15) is 0 Å². The molecular weight excluding hydrogens is 284 g/mol. The van der Waals surface area contributed by atoms with Gasteiger partial charge in [-0.05, 0) is 32.0 Å². The highest BCUT2D eigenvalue weighted by Gasteiger charge is 2.16. The van der Waals surface area contributed by atoms with Gasteiger partial charge in [0.1, 0.15) is 11.3 Å². The number of benzene rings is 1. The van der Waals surface area contributed by atoms with Gasteiger partial charge in [-0.15, -0.1) is 0 Å². The number of hydrogen-bond acceptors (Lipinski definition) is 4. The summed E-state index contributed by atoms with van der Waals surface area (Å²) in [4.78, 5) is 38.3. The Hall–Kier alpha value is -2.89. The minimum atomic E-state index is -0.603. The molecule has 0 saturated heterocycles. The first-order valence-electron chi connectivity index (χ1n) is 6.63. The van der Waals surface area contributed by atoms with Crippen molar-refractivity contribution >= 4 is 17.4 Å². The van der Waals surface area contributed by atoms with E-state index in [2.05, 4.69) is 10.3 Å². The van der Waals surface area contributed by atoms with Gasteiger partial charge >= 0.3 is 0 Å². The second-order valence-corrected chi connectivity index (χ2v) is 4.76. The molecule has 0 atom stereocenters. The standard InChI is InChI=1S/C16H16N2O4/c1-9-11(10(2)19)8-12(15(20)17-9)16(21)18-13-6-4-5-7-14(13)22-3/h4-8H,1-3H3,(H,17,20)(H,18,21). The van der Waals surface area contributed by atoms with Gasteiger partial charge in [0.05, 0.1) is 12.8 Å². The first-order chi connectivity index (χ1) is 10.4. The molecule has 1 aromatic carbocycles. The Morgan fingerprint density at radius 3 is 2.50 bits per heavy atom. The highest BCUT2D eigenvalue weighted by molar-refractivity contribution is 6.06. The van der Waals surface area contributed by atoms with Crippen LogP contribution in [0, 0.1) is 6.92 Å². The number of ether oxygens (including phenoxy) is 1. The van der Waals surface area contributed by atoms with E-state index in [0.717, 1.165) is 0 Å². The molecule has 1 heterocycles. The van der Waals surface area contributed by atoms with Crippen LogP contribution in [-0.2, 0) is 0 Å². The van der Waals surface area contributed by atoms with Gasteiger partial charge in [0.25, 0.3) is 11.5 Å². The Bertz CT molecular complexity index is 793. The van der Waals surface area contributed by atoms with Gasteiger partial charge in [0, 0.05) is 11.3 Å². The number of aromatic amines is 1. The summed E-state index contributed by atoms with van der Waals surface area (Å²) in [6.07, 6.45) is 0. The number of hydrogen-bond donors (Lipinski definition) is 2. The molecule has 114 valence electrons. The van der Waals surface area contributed by atoms with Crippen molar-refractivity contribution in [2.24, 2.45) is 0 Å². The zero-order valence-electron chi connectivity index (χ0n) is 12.5. The van der Waals surface area contributed by atoms with Crippen molar-refractivity contribution < 1.29 is 14.3 Å². The molecule has 0 aliphatic rings. The molecule has 0 aliphatic carbocycles. The maximum absolute atomic E-state index is 12.3. The molecule has 0 aliphatic heterocycles. The van der Waals surface area contributed by atoms with Gasteiger partial charge in [0.2, 0.25) is 0 Å². The Kier molecular flexibility index (Phi) is 4.41. The number of anilines is 1. The number of aromatic nitrogens is 1. The fourth-order valence-corrected chi connectivity index (χ4v) is 2.09. The van der Waals surface area contributed by atoms with E-state index in [0.29, 0.717) is 22.7 Å². The van der Waals surface area contributed by atoms with Crippen LogP contribution in [0.5, 0.6) is 5.75 Å². The summed E-state index contributed by atoms with van der Waals surface area (Å²) in [5, 5.41) is 2.61. The summed E-state index contributed by atoms with van der Waals surface area (Å²) < 4.78 is 5.14. The Balaban J connectivity index is 2.40. The maximum atomic E-state index is 12.3. The number of Topliss-reactive ketones (excluding diaryl/α,β-unsaturated/α-hetero) is 1. The van der Waals surface area contributed by atoms with E-state index in [1.165, 1.54) is 20.1 Å². The molecule has 2 rings (SSSR count). The highest BCUT2D eigenvalue weighted by Crippen LogP contribution is 2.23. The molecule has 0 bridgehead atoms. The Morgan fingerprint density at radius 1 is 1.18 bits per heavy atom. The van der Waals surface area contributed by atoms with Gasteiger partial charge < -0.3 is 15.0 Å². The van der Waals surface area contributed by atoms with Crippen molar-refractivity contribution in [1.29, 1.82) is 0 Å². The van der Waals surface area contributed by atoms with E-state index in [4.69, 9.17) is 4.74 Å². The van der Waals surface area contributed by atoms with E-state index in [9.17, 15) is 14.4 Å². The third-order valence-electron chi connectivity index (χ3n) is 3.22. The molecular formula is C16H16N2O4. The summed E-state index contributed by atoms with van der Waals surface area (Å²) in [7, 11) is 1.48. The molecule has 0 unspecified atom stereocenters. The van der Waals surface area contributed by atoms with Gasteiger partial charge in [-0.25, -0.2) is 0 Å². The number of nitrogens with one attached hydrogen (secondary N) is 2. The Labute approximate surface area is 127 Å². The maximum Gasteiger partial charge on any atom is 0.261 e. The van der Waals surface area contributed by atoms with Crippen molar-refractivity contribution in [3.63, 3.8) is 0 Å². The van der Waals surface area contributed by atoms with Gasteiger partial charge in [0.15, 0.2) is 5.78 Å². The number of H-pyrrole nitrogens is 1. The van der Waals surface area contributed by atoms with Crippen molar-refractivity contribution in [2.75, 3.05) is 12.4 Å². The number of rotatable bonds is 4. The summed E-state index contributed by atoms with van der Waals surface area (Å²) in [5.74, 6) is -0.348. The lowest BCUT2D eigenvalue weighted by molar-refractivity contribution is 0.101. The molecule has 0 radical (unpaired) electrons. The minimum Gasteiger partial charge on any atom is -0.495 e. The van der Waals surface area contributed by atoms with Crippen LogP contribution in [0.3, 0.4) is 0 Å². The van der Waals surface area contributed by atoms with Crippen LogP contribution in [0.2, 0.25) is 0 Å². The number of pyridine rings is 1. The van der Waals surface area contributed by atoms with E-state index in [1.54, 1.807) is 31.2 Å². The first-order valence-corrected chi connectivity index (χ1v) is 6.63. The third kappa shape index (κ3) is 3.06. The summed E-state index contributed by atoms with van der Waals surface area (Å²) in [6, 6.07) is 8.15. The molecule has 2 aromatic rings. The lowest BCUT2D eigenvalue weighted by Gasteiger charge is -2.10. The average molecular weight is 300 g/mol. The van der Waals surface area contributed by atoms with Crippen LogP contribution in [0.25, 0.3) is 0 Å². The SMILES string of the molecule is COc1ccccc1NC(=O)c1cc(C(C)=O)c(C)[nH]c1=O. The fourth-order valence-electron chi connectivity index (χ4n) is 2.09. The molecule has 6 heteroatoms. The van der Waals surface area contributed by atoms with E-state index < -0.39 is 11.5 Å². The van der Waals surface area contributed by atoms with E-state index in [-0.39, 0.29) is 11.3 Å². The fraction of sp³-hybridized carbons (Fsp3) is 0.188. The van der Waals surface area contributed by atoms with Crippen molar-refractivity contribution in [1.82, 2.24) is 4.98 Å². The lowest BCUT2D eigenvalue weighted by atomic mass is 10.1. The number of carbonyl (C=O) groups excluding carboxylic acids is 2. The van der Waals surface area contributed by atoms with Crippen LogP contribution in [0.1, 0.15) is 33.3 Å². The van der Waals surface area contributed by atoms with Crippen molar-refractivity contribution in [2.45, 2.75) is 13.8 Å². The van der Waals surface area contributed by atoms with Gasteiger partial charge in [-0.1, -0.05) is 12.1 Å². The van der Waals surface area contributed by atoms with Crippen LogP contribution in [0.15, 0.2) is 35.1 Å². The van der Waals surface area contributed by atoms with Crippen LogP contribution >= 0.6 is 0 Å². The summed E-state index contributed by atoms with van der Waals surface area (Å²) in [6.45, 7) is 2.99. The number of ketones is 1. The third-order valence-corrected chi connectivity index (χ3v) is 3.22. The van der Waals surface area contributed by atoms with Crippen LogP contribution in [0.4, 0.5) is 5.69 Å². The molecule has 1 amide bonds. The number of aryl methyl sites for hydroxylation is 1. The predicted molar refractivity (Wildman–Crippen MR) is 82.8 cm³/mol. The zero-order chi connectivity index (χ0) is 16.3. The topological polar surface area (TPSA) is 88.3 Å². The normalized spacial score (nSPS) is 10.1. The molecule has 0 saturated carbocycles. The summed E-state index contributed by atoms with van der Waals surface area (Å²) in [5.41, 5.74) is 0.520. The van der Waals surface area contributed by atoms with Crippen LogP contribution in [-0.4, -0.2) is 23.8 Å². The smallest absolute Gasteiger partial charge is 0.261 e. The van der Waals surface area contributed by atoms with Crippen LogP contribution < -0.4 is 15.6 Å². The molecule has 0 spiro atoms. The quantitative estimate of drug-likeness (QED) is 0.847. The van der Waals surface area contributed by atoms with E-state index >= 15 is 0 Å². The molecule has 22 heavy (non-hydrogen) atoms. The largest absolute Gasteiger partial charge is 0.495 e. The number of amides is 1. The monoisotopic (exact) mass is 300 g/mol. The molecule has 6 nitrogen and oxygen atoms in total.